The van der Waals surface area contributed by atoms with Gasteiger partial charge < -0.3 is 19.9 Å². The molecule has 1 aromatic carbocycles. The zero-order valence-electron chi connectivity index (χ0n) is 30.3. The highest BCUT2D eigenvalue weighted by molar-refractivity contribution is 5.96. The number of carbonyl (C=O) groups is 4. The van der Waals surface area contributed by atoms with Crippen molar-refractivity contribution in [1.29, 1.82) is 0 Å². The first kappa shape index (κ1) is 38.2. The van der Waals surface area contributed by atoms with Crippen molar-refractivity contribution in [2.24, 2.45) is 11.8 Å². The molecule has 0 spiro atoms. The Bertz CT molecular complexity index is 1230. The maximum absolute atomic E-state index is 14.0. The molecular formula is C38H60N4O5. The molecule has 9 nitrogen and oxygen atoms in total. The summed E-state index contributed by atoms with van der Waals surface area (Å²) in [5.41, 5.74) is 1.44. The average Bonchev–Trinajstić information content (AvgIpc) is 3.55. The maximum atomic E-state index is 14.0. The van der Waals surface area contributed by atoms with Gasteiger partial charge in [0.05, 0.1) is 12.1 Å². The predicted octanol–water partition coefficient (Wildman–Crippen LogP) is 5.90. The summed E-state index contributed by atoms with van der Waals surface area (Å²) in [7, 11) is 1.75. The van der Waals surface area contributed by atoms with Gasteiger partial charge in [-0.2, -0.15) is 0 Å². The second-order valence-electron chi connectivity index (χ2n) is 14.4. The van der Waals surface area contributed by atoms with Gasteiger partial charge in [-0.3, -0.25) is 19.3 Å². The molecule has 262 valence electrons. The van der Waals surface area contributed by atoms with Gasteiger partial charge in [0.25, 0.3) is 0 Å². The Morgan fingerprint density at radius 2 is 1.60 bits per heavy atom. The third kappa shape index (κ3) is 9.91. The smallest absolute Gasteiger partial charge is 0.329 e. The van der Waals surface area contributed by atoms with Crippen LogP contribution in [0.3, 0.4) is 0 Å². The maximum Gasteiger partial charge on any atom is 0.329 e. The van der Waals surface area contributed by atoms with E-state index in [-0.39, 0.29) is 59.8 Å². The van der Waals surface area contributed by atoms with Crippen LogP contribution in [0.4, 0.5) is 0 Å². The van der Waals surface area contributed by atoms with Gasteiger partial charge in [0, 0.05) is 25.2 Å². The van der Waals surface area contributed by atoms with Crippen LogP contribution in [0, 0.1) is 11.8 Å². The summed E-state index contributed by atoms with van der Waals surface area (Å²) < 4.78 is 6.01. The summed E-state index contributed by atoms with van der Waals surface area (Å²) in [6.45, 7) is 17.3. The number of hydrogen-bond donors (Lipinski definition) is 1. The van der Waals surface area contributed by atoms with E-state index >= 15 is 0 Å². The van der Waals surface area contributed by atoms with Crippen LogP contribution in [0.1, 0.15) is 112 Å². The first-order valence-electron chi connectivity index (χ1n) is 17.9. The van der Waals surface area contributed by atoms with E-state index in [1.54, 1.807) is 23.8 Å². The molecule has 1 aromatic rings. The van der Waals surface area contributed by atoms with E-state index in [1.165, 1.54) is 0 Å². The Hall–Kier alpha value is -3.20. The molecule has 47 heavy (non-hydrogen) atoms. The van der Waals surface area contributed by atoms with Crippen LogP contribution in [0.25, 0.3) is 0 Å². The Morgan fingerprint density at radius 1 is 0.936 bits per heavy atom. The molecule has 2 fully saturated rings. The minimum absolute atomic E-state index is 0.00463. The molecule has 9 heteroatoms. The minimum atomic E-state index is -0.687. The van der Waals surface area contributed by atoms with Crippen LogP contribution in [0.5, 0.6) is 0 Å². The van der Waals surface area contributed by atoms with Crippen LogP contribution in [-0.4, -0.2) is 88.7 Å². The molecule has 0 aromatic heterocycles. The zero-order valence-corrected chi connectivity index (χ0v) is 30.3. The van der Waals surface area contributed by atoms with Crippen LogP contribution in [-0.2, 0) is 23.9 Å². The minimum Gasteiger partial charge on any atom is -0.456 e. The van der Waals surface area contributed by atoms with Gasteiger partial charge in [-0.05, 0) is 76.8 Å². The molecule has 2 aliphatic rings. The van der Waals surface area contributed by atoms with Crippen molar-refractivity contribution in [2.45, 2.75) is 137 Å². The fourth-order valence-corrected chi connectivity index (χ4v) is 6.99. The molecule has 5 atom stereocenters. The second kappa shape index (κ2) is 17.8. The molecule has 2 heterocycles. The molecule has 2 saturated heterocycles. The number of amides is 3. The van der Waals surface area contributed by atoms with E-state index in [0.717, 1.165) is 44.2 Å². The van der Waals surface area contributed by atoms with Gasteiger partial charge in [-0.15, -0.1) is 0 Å². The highest BCUT2D eigenvalue weighted by Gasteiger charge is 2.39. The van der Waals surface area contributed by atoms with E-state index in [4.69, 9.17) is 4.74 Å². The number of ether oxygens (including phenoxy) is 1. The number of likely N-dealkylation sites (N-methyl/N-ethyl adjacent to an activating group) is 1. The Morgan fingerprint density at radius 3 is 2.19 bits per heavy atom. The van der Waals surface area contributed by atoms with Gasteiger partial charge in [0.2, 0.25) is 17.7 Å². The molecule has 2 aliphatic heterocycles. The third-order valence-corrected chi connectivity index (χ3v) is 9.74. The Labute approximate surface area is 283 Å². The van der Waals surface area contributed by atoms with Gasteiger partial charge in [0.1, 0.15) is 18.2 Å². The lowest BCUT2D eigenvalue weighted by molar-refractivity contribution is -0.158. The number of nitrogens with zero attached hydrogens (tertiary/aromatic N) is 3. The van der Waals surface area contributed by atoms with Crippen LogP contribution < -0.4 is 5.32 Å². The quantitative estimate of drug-likeness (QED) is 0.199. The van der Waals surface area contributed by atoms with Crippen molar-refractivity contribution in [3.63, 3.8) is 0 Å². The molecular weight excluding hydrogens is 592 g/mol. The summed E-state index contributed by atoms with van der Waals surface area (Å²) in [5, 5.41) is 3.10. The molecule has 0 saturated carbocycles. The SMILES string of the molecule is CCC[C@H](OC(=O)[C@@H]1CCCN1C(=O)/C(C)=C/[C@H](C(C)C)N(C)C(=O)[C@@H](NC(=O)[C@H]1CCCCN1C(C)C)C(C)C)c1ccccc1. The molecule has 3 amide bonds. The first-order valence-corrected chi connectivity index (χ1v) is 17.9. The van der Waals surface area contributed by atoms with E-state index < -0.39 is 12.1 Å². The lowest BCUT2D eigenvalue weighted by Crippen LogP contribution is -2.58. The lowest BCUT2D eigenvalue weighted by atomic mass is 9.95. The Balaban J connectivity index is 1.74. The van der Waals surface area contributed by atoms with Gasteiger partial charge in [-0.25, -0.2) is 4.79 Å². The number of piperidine rings is 1. The van der Waals surface area contributed by atoms with E-state index in [0.29, 0.717) is 25.0 Å². The number of rotatable bonds is 14. The molecule has 0 radical (unpaired) electrons. The van der Waals surface area contributed by atoms with Crippen molar-refractivity contribution in [3.8, 4) is 0 Å². The number of esters is 1. The van der Waals surface area contributed by atoms with Crippen LogP contribution in [0.2, 0.25) is 0 Å². The lowest BCUT2D eigenvalue weighted by Gasteiger charge is -2.39. The summed E-state index contributed by atoms with van der Waals surface area (Å²) in [4.78, 5) is 60.3. The van der Waals surface area contributed by atoms with Gasteiger partial charge >= 0.3 is 5.97 Å². The summed E-state index contributed by atoms with van der Waals surface area (Å²) in [6, 6.07) is 8.04. The number of carbonyl (C=O) groups excluding carboxylic acids is 4. The fraction of sp³-hybridized carbons (Fsp3) is 0.684. The van der Waals surface area contributed by atoms with Crippen molar-refractivity contribution >= 4 is 23.7 Å². The van der Waals surface area contributed by atoms with Crippen LogP contribution in [0.15, 0.2) is 42.0 Å². The monoisotopic (exact) mass is 652 g/mol. The summed E-state index contributed by atoms with van der Waals surface area (Å²) in [6.07, 6.45) is 7.20. The average molecular weight is 653 g/mol. The van der Waals surface area contributed by atoms with Gasteiger partial charge in [-0.1, -0.05) is 83.9 Å². The largest absolute Gasteiger partial charge is 0.456 e. The molecule has 1 N–H and O–H groups in total. The topological polar surface area (TPSA) is 99.3 Å². The first-order chi connectivity index (χ1) is 22.3. The number of nitrogens with one attached hydrogen (secondary N) is 1. The predicted molar refractivity (Wildman–Crippen MR) is 186 cm³/mol. The Kier molecular flexibility index (Phi) is 14.5. The number of likely N-dealkylation sites (tertiary alicyclic amines) is 2. The summed E-state index contributed by atoms with van der Waals surface area (Å²) >= 11 is 0. The normalized spacial score (nSPS) is 21.1. The molecule has 0 aliphatic carbocycles. The highest BCUT2D eigenvalue weighted by atomic mass is 16.5. The van der Waals surface area contributed by atoms with Crippen molar-refractivity contribution in [1.82, 2.24) is 20.0 Å². The fourth-order valence-electron chi connectivity index (χ4n) is 6.99. The van der Waals surface area contributed by atoms with E-state index in [2.05, 4.69) is 31.0 Å². The molecule has 3 rings (SSSR count). The highest BCUT2D eigenvalue weighted by Crippen LogP contribution is 2.28. The van der Waals surface area contributed by atoms with Crippen molar-refractivity contribution in [2.75, 3.05) is 20.1 Å². The van der Waals surface area contributed by atoms with E-state index in [1.807, 2.05) is 64.1 Å². The summed E-state index contributed by atoms with van der Waals surface area (Å²) in [5.74, 6) is -0.979. The standard InChI is InChI=1S/C38H60N4O5/c1-10-17-33(29-18-12-11-13-19-29)47-38(46)31-21-16-23-42(31)36(44)28(8)24-32(25(2)3)40(9)37(45)34(26(4)5)39-35(43)30-20-14-15-22-41(30)27(6)7/h11-13,18-19,24-27,30-34H,10,14-17,20-23H2,1-9H3,(H,39,43)/b28-24+/t30-,31+,32-,33+,34+/m1/s1. The number of benzene rings is 1. The third-order valence-electron chi connectivity index (χ3n) is 9.74. The van der Waals surface area contributed by atoms with Gasteiger partial charge in [0.15, 0.2) is 0 Å². The second-order valence-corrected chi connectivity index (χ2v) is 14.4. The van der Waals surface area contributed by atoms with Crippen molar-refractivity contribution in [3.05, 3.63) is 47.5 Å². The molecule has 0 unspecified atom stereocenters. The zero-order chi connectivity index (χ0) is 34.8. The number of hydrogen-bond acceptors (Lipinski definition) is 6. The van der Waals surface area contributed by atoms with Crippen molar-refractivity contribution < 1.29 is 23.9 Å². The van der Waals surface area contributed by atoms with Crippen LogP contribution >= 0.6 is 0 Å². The molecule has 0 bridgehead atoms. The van der Waals surface area contributed by atoms with E-state index in [9.17, 15) is 19.2 Å².